The minimum absolute atomic E-state index is 0.0393. The van der Waals surface area contributed by atoms with E-state index in [9.17, 15) is 4.79 Å². The number of hydrogen-bond donors (Lipinski definition) is 2. The molecule has 0 saturated heterocycles. The normalized spacial score (nSPS) is 20.0. The predicted octanol–water partition coefficient (Wildman–Crippen LogP) is 2.66. The van der Waals surface area contributed by atoms with Crippen LogP contribution in [0.3, 0.4) is 0 Å². The zero-order chi connectivity index (χ0) is 19.5. The van der Waals surface area contributed by atoms with Crippen LogP contribution in [0, 0.1) is 5.92 Å². The molecular weight excluding hydrogens is 344 g/mol. The van der Waals surface area contributed by atoms with Gasteiger partial charge < -0.3 is 20.1 Å². The molecular formula is C20H32N4O3. The van der Waals surface area contributed by atoms with E-state index in [4.69, 9.17) is 9.47 Å². The van der Waals surface area contributed by atoms with Crippen molar-refractivity contribution in [2.45, 2.75) is 58.5 Å². The van der Waals surface area contributed by atoms with Crippen LogP contribution < -0.4 is 15.4 Å². The monoisotopic (exact) mass is 376 g/mol. The summed E-state index contributed by atoms with van der Waals surface area (Å²) in [6.07, 6.45) is 6.38. The number of aliphatic imine (C=N–C) groups is 1. The summed E-state index contributed by atoms with van der Waals surface area (Å²) < 4.78 is 10.6. The number of hydrogen-bond acceptors (Lipinski definition) is 5. The molecule has 7 nitrogen and oxygen atoms in total. The van der Waals surface area contributed by atoms with Crippen LogP contribution in [0.4, 0.5) is 0 Å². The van der Waals surface area contributed by atoms with Crippen molar-refractivity contribution in [2.24, 2.45) is 10.9 Å². The first kappa shape index (κ1) is 21.0. The molecule has 2 N–H and O–H groups in total. The summed E-state index contributed by atoms with van der Waals surface area (Å²) in [5, 5.41) is 6.76. The highest BCUT2D eigenvalue weighted by atomic mass is 16.5. The van der Waals surface area contributed by atoms with Crippen LogP contribution in [-0.2, 0) is 16.1 Å². The molecule has 0 amide bonds. The van der Waals surface area contributed by atoms with Crippen molar-refractivity contribution in [2.75, 3.05) is 20.3 Å². The van der Waals surface area contributed by atoms with Gasteiger partial charge in [-0.25, -0.2) is 4.98 Å². The molecule has 1 aliphatic rings. The van der Waals surface area contributed by atoms with Crippen LogP contribution in [0.1, 0.15) is 51.5 Å². The zero-order valence-electron chi connectivity index (χ0n) is 16.7. The van der Waals surface area contributed by atoms with Crippen molar-refractivity contribution >= 4 is 11.9 Å². The molecule has 1 saturated carbocycles. The third-order valence-electron chi connectivity index (χ3n) is 4.62. The van der Waals surface area contributed by atoms with Crippen molar-refractivity contribution < 1.29 is 14.3 Å². The highest BCUT2D eigenvalue weighted by molar-refractivity contribution is 5.80. The fraction of sp³-hybridized carbons (Fsp3) is 0.650. The van der Waals surface area contributed by atoms with Crippen molar-refractivity contribution in [3.8, 4) is 5.88 Å². The summed E-state index contributed by atoms with van der Waals surface area (Å²) in [6.45, 7) is 5.69. The smallest absolute Gasteiger partial charge is 0.308 e. The average Bonchev–Trinajstić information content (AvgIpc) is 2.71. The van der Waals surface area contributed by atoms with E-state index in [0.717, 1.165) is 43.6 Å². The third-order valence-corrected chi connectivity index (χ3v) is 4.62. The largest absolute Gasteiger partial charge is 0.478 e. The highest BCUT2D eigenvalue weighted by Gasteiger charge is 2.27. The summed E-state index contributed by atoms with van der Waals surface area (Å²) in [7, 11) is 1.76. The van der Waals surface area contributed by atoms with E-state index in [2.05, 4.69) is 27.5 Å². The second-order valence-electron chi connectivity index (χ2n) is 6.72. The van der Waals surface area contributed by atoms with Crippen LogP contribution in [0.25, 0.3) is 0 Å². The Morgan fingerprint density at radius 2 is 2.04 bits per heavy atom. The van der Waals surface area contributed by atoms with Gasteiger partial charge in [0.25, 0.3) is 0 Å². The second-order valence-corrected chi connectivity index (χ2v) is 6.72. The SMILES string of the molecule is CCCOc1ccc(CNC(=NC)NC2CCC(C(=O)OCC)CC2)cn1. The van der Waals surface area contributed by atoms with Crippen molar-refractivity contribution in [1.82, 2.24) is 15.6 Å². The van der Waals surface area contributed by atoms with Gasteiger partial charge in [-0.1, -0.05) is 13.0 Å². The number of nitrogens with one attached hydrogen (secondary N) is 2. The van der Waals surface area contributed by atoms with E-state index >= 15 is 0 Å². The maximum Gasteiger partial charge on any atom is 0.308 e. The first-order valence-corrected chi connectivity index (χ1v) is 9.87. The molecule has 1 aromatic heterocycles. The number of aromatic nitrogens is 1. The fourth-order valence-electron chi connectivity index (χ4n) is 3.11. The molecule has 27 heavy (non-hydrogen) atoms. The van der Waals surface area contributed by atoms with Gasteiger partial charge in [-0.15, -0.1) is 0 Å². The van der Waals surface area contributed by atoms with Crippen LogP contribution >= 0.6 is 0 Å². The molecule has 1 aliphatic carbocycles. The molecule has 1 aromatic rings. The Kier molecular flexibility index (Phi) is 8.87. The third kappa shape index (κ3) is 7.07. The number of ether oxygens (including phenoxy) is 2. The van der Waals surface area contributed by atoms with Crippen LogP contribution in [0.15, 0.2) is 23.3 Å². The number of carbonyl (C=O) groups excluding carboxylic acids is 1. The molecule has 0 unspecified atom stereocenters. The highest BCUT2D eigenvalue weighted by Crippen LogP contribution is 2.25. The minimum atomic E-state index is -0.0580. The number of nitrogens with zero attached hydrogens (tertiary/aromatic N) is 2. The first-order chi connectivity index (χ1) is 13.2. The van der Waals surface area contributed by atoms with Gasteiger partial charge in [-0.05, 0) is 44.6 Å². The molecule has 2 rings (SSSR count). The molecule has 0 aliphatic heterocycles. The van der Waals surface area contributed by atoms with Crippen LogP contribution in [-0.4, -0.2) is 43.2 Å². The average molecular weight is 377 g/mol. The molecule has 0 radical (unpaired) electrons. The Balaban J connectivity index is 1.74. The number of esters is 1. The predicted molar refractivity (Wildman–Crippen MR) is 106 cm³/mol. The Morgan fingerprint density at radius 3 is 2.63 bits per heavy atom. The lowest BCUT2D eigenvalue weighted by molar-refractivity contribution is -0.149. The summed E-state index contributed by atoms with van der Waals surface area (Å²) in [5.74, 6) is 1.40. The Bertz CT molecular complexity index is 596. The molecule has 0 atom stereocenters. The summed E-state index contributed by atoms with van der Waals surface area (Å²) in [5.41, 5.74) is 1.06. The molecule has 150 valence electrons. The molecule has 0 spiro atoms. The van der Waals surface area contributed by atoms with Gasteiger partial charge in [0, 0.05) is 31.9 Å². The topological polar surface area (TPSA) is 84.8 Å². The lowest BCUT2D eigenvalue weighted by Gasteiger charge is -2.29. The van der Waals surface area contributed by atoms with E-state index < -0.39 is 0 Å². The van der Waals surface area contributed by atoms with Gasteiger partial charge in [-0.2, -0.15) is 0 Å². The van der Waals surface area contributed by atoms with E-state index in [0.29, 0.717) is 31.7 Å². The van der Waals surface area contributed by atoms with Gasteiger partial charge >= 0.3 is 5.97 Å². The van der Waals surface area contributed by atoms with Crippen LogP contribution in [0.2, 0.25) is 0 Å². The van der Waals surface area contributed by atoms with Crippen molar-refractivity contribution in [3.63, 3.8) is 0 Å². The van der Waals surface area contributed by atoms with Gasteiger partial charge in [-0.3, -0.25) is 9.79 Å². The lowest BCUT2D eigenvalue weighted by atomic mass is 9.86. The Morgan fingerprint density at radius 1 is 1.26 bits per heavy atom. The van der Waals surface area contributed by atoms with Gasteiger partial charge in [0.15, 0.2) is 5.96 Å². The van der Waals surface area contributed by atoms with Gasteiger partial charge in [0.05, 0.1) is 19.1 Å². The van der Waals surface area contributed by atoms with E-state index in [1.54, 1.807) is 7.05 Å². The standard InChI is InChI=1S/C20H32N4O3/c1-4-12-27-18-11-6-15(13-22-18)14-23-20(21-3)24-17-9-7-16(8-10-17)19(25)26-5-2/h6,11,13,16-17H,4-5,7-10,12,14H2,1-3H3,(H2,21,23,24). The number of pyridine rings is 1. The second kappa shape index (κ2) is 11.4. The fourth-order valence-corrected chi connectivity index (χ4v) is 3.11. The molecule has 0 bridgehead atoms. The van der Waals surface area contributed by atoms with E-state index in [-0.39, 0.29) is 11.9 Å². The summed E-state index contributed by atoms with van der Waals surface area (Å²) in [6, 6.07) is 4.22. The Labute approximate surface area is 162 Å². The molecule has 0 aromatic carbocycles. The van der Waals surface area contributed by atoms with E-state index in [1.807, 2.05) is 25.3 Å². The quantitative estimate of drug-likeness (QED) is 0.412. The first-order valence-electron chi connectivity index (χ1n) is 9.87. The summed E-state index contributed by atoms with van der Waals surface area (Å²) in [4.78, 5) is 20.4. The Hall–Kier alpha value is -2.31. The van der Waals surface area contributed by atoms with Gasteiger partial charge in [0.2, 0.25) is 5.88 Å². The van der Waals surface area contributed by atoms with Gasteiger partial charge in [0.1, 0.15) is 0 Å². The lowest BCUT2D eigenvalue weighted by Crippen LogP contribution is -2.45. The molecule has 1 heterocycles. The zero-order valence-corrected chi connectivity index (χ0v) is 16.7. The minimum Gasteiger partial charge on any atom is -0.478 e. The number of rotatable bonds is 8. The molecule has 7 heteroatoms. The van der Waals surface area contributed by atoms with Crippen molar-refractivity contribution in [3.05, 3.63) is 23.9 Å². The molecule has 1 fully saturated rings. The van der Waals surface area contributed by atoms with Crippen molar-refractivity contribution in [1.29, 1.82) is 0 Å². The van der Waals surface area contributed by atoms with E-state index in [1.165, 1.54) is 0 Å². The van der Waals surface area contributed by atoms with Crippen LogP contribution in [0.5, 0.6) is 5.88 Å². The number of guanidine groups is 1. The summed E-state index contributed by atoms with van der Waals surface area (Å²) >= 11 is 0. The number of carbonyl (C=O) groups is 1. The maximum atomic E-state index is 11.8. The maximum absolute atomic E-state index is 11.8.